The molecule has 1 aliphatic carbocycles. The molecular weight excluding hydrogens is 184 g/mol. The maximum Gasteiger partial charge on any atom is 0.126 e. The third kappa shape index (κ3) is 2.58. The van der Waals surface area contributed by atoms with Crippen LogP contribution in [0.4, 0.5) is 0 Å². The largest absolute Gasteiger partial charge is 0.303 e. The van der Waals surface area contributed by atoms with E-state index in [9.17, 15) is 4.79 Å². The minimum Gasteiger partial charge on any atom is -0.303 e. The number of hydrogen-bond donors (Lipinski definition) is 0. The summed E-state index contributed by atoms with van der Waals surface area (Å²) in [6, 6.07) is 0. The van der Waals surface area contributed by atoms with Crippen molar-refractivity contribution in [2.24, 2.45) is 17.3 Å². The molecule has 1 rings (SSSR count). The highest BCUT2D eigenvalue weighted by atomic mass is 16.1. The van der Waals surface area contributed by atoms with Gasteiger partial charge in [-0.25, -0.2) is 0 Å². The molecule has 0 N–H and O–H groups in total. The van der Waals surface area contributed by atoms with Gasteiger partial charge in [0.25, 0.3) is 0 Å². The van der Waals surface area contributed by atoms with Gasteiger partial charge in [-0.05, 0) is 31.1 Å². The van der Waals surface area contributed by atoms with Gasteiger partial charge in [0.15, 0.2) is 0 Å². The van der Waals surface area contributed by atoms with Crippen molar-refractivity contribution in [1.82, 2.24) is 0 Å². The van der Waals surface area contributed by atoms with Gasteiger partial charge in [0, 0.05) is 5.92 Å². The van der Waals surface area contributed by atoms with E-state index in [1.54, 1.807) is 0 Å². The first kappa shape index (κ1) is 12.2. The molecule has 1 aliphatic rings. The molecule has 0 saturated carbocycles. The van der Waals surface area contributed by atoms with Crippen LogP contribution in [-0.2, 0) is 4.79 Å². The van der Waals surface area contributed by atoms with Crippen molar-refractivity contribution in [2.45, 2.75) is 40.5 Å². The Morgan fingerprint density at radius 1 is 1.60 bits per heavy atom. The van der Waals surface area contributed by atoms with Crippen LogP contribution in [0, 0.1) is 17.3 Å². The first-order chi connectivity index (χ1) is 7.02. The van der Waals surface area contributed by atoms with Crippen LogP contribution in [0.25, 0.3) is 0 Å². The van der Waals surface area contributed by atoms with Crippen molar-refractivity contribution in [2.75, 3.05) is 0 Å². The normalized spacial score (nSPS) is 26.7. The lowest BCUT2D eigenvalue weighted by Gasteiger charge is -2.27. The lowest BCUT2D eigenvalue weighted by atomic mass is 9.77. The molecule has 0 saturated heterocycles. The maximum absolute atomic E-state index is 10.7. The number of carbonyl (C=O) groups is 1. The predicted octanol–water partition coefficient (Wildman–Crippen LogP) is 3.76. The molecule has 0 heterocycles. The third-order valence-corrected chi connectivity index (χ3v) is 3.86. The second kappa shape index (κ2) is 4.78. The summed E-state index contributed by atoms with van der Waals surface area (Å²) in [5, 5.41) is 0. The van der Waals surface area contributed by atoms with Crippen LogP contribution in [-0.4, -0.2) is 6.29 Å². The van der Waals surface area contributed by atoms with E-state index in [0.717, 1.165) is 19.1 Å². The summed E-state index contributed by atoms with van der Waals surface area (Å²) >= 11 is 0. The number of allylic oxidation sites excluding steroid dienone is 4. The first-order valence-corrected chi connectivity index (χ1v) is 5.83. The van der Waals surface area contributed by atoms with Crippen LogP contribution >= 0.6 is 0 Å². The molecule has 0 aromatic carbocycles. The van der Waals surface area contributed by atoms with Crippen molar-refractivity contribution in [3.05, 3.63) is 23.8 Å². The Bertz CT molecular complexity index is 284. The highest BCUT2D eigenvalue weighted by Crippen LogP contribution is 2.43. The average Bonchev–Trinajstić information content (AvgIpc) is 2.45. The van der Waals surface area contributed by atoms with Gasteiger partial charge in [0.2, 0.25) is 0 Å². The Balaban J connectivity index is 2.65. The first-order valence-electron chi connectivity index (χ1n) is 5.83. The number of carbonyl (C=O) groups excluding carboxylic acids is 1. The van der Waals surface area contributed by atoms with E-state index in [0.29, 0.717) is 5.92 Å². The summed E-state index contributed by atoms with van der Waals surface area (Å²) in [6.07, 6.45) is 9.68. The van der Waals surface area contributed by atoms with E-state index < -0.39 is 0 Å². The fourth-order valence-electron chi connectivity index (χ4n) is 2.03. The van der Waals surface area contributed by atoms with Gasteiger partial charge in [-0.3, -0.25) is 0 Å². The molecule has 2 atom stereocenters. The van der Waals surface area contributed by atoms with E-state index in [1.807, 2.05) is 6.92 Å². The Morgan fingerprint density at radius 2 is 2.27 bits per heavy atom. The molecule has 15 heavy (non-hydrogen) atoms. The molecule has 0 fully saturated rings. The summed E-state index contributed by atoms with van der Waals surface area (Å²) in [6.45, 7) is 8.81. The Morgan fingerprint density at radius 3 is 2.67 bits per heavy atom. The third-order valence-electron chi connectivity index (χ3n) is 3.86. The van der Waals surface area contributed by atoms with Crippen molar-refractivity contribution >= 4 is 6.29 Å². The van der Waals surface area contributed by atoms with Gasteiger partial charge in [0.1, 0.15) is 6.29 Å². The predicted molar refractivity (Wildman–Crippen MR) is 64.6 cm³/mol. The summed E-state index contributed by atoms with van der Waals surface area (Å²) in [5.41, 5.74) is 1.73. The summed E-state index contributed by atoms with van der Waals surface area (Å²) in [5.74, 6) is 0.660. The molecule has 1 heteroatoms. The minimum absolute atomic E-state index is 0.0988. The zero-order chi connectivity index (χ0) is 11.5. The van der Waals surface area contributed by atoms with E-state index >= 15 is 0 Å². The lowest BCUT2D eigenvalue weighted by molar-refractivity contribution is -0.109. The van der Waals surface area contributed by atoms with Gasteiger partial charge in [-0.15, -0.1) is 0 Å². The fraction of sp³-hybridized carbons (Fsp3) is 0.643. The van der Waals surface area contributed by atoms with Crippen molar-refractivity contribution < 1.29 is 4.79 Å². The van der Waals surface area contributed by atoms with Crippen LogP contribution in [0.15, 0.2) is 23.8 Å². The second-order valence-electron chi connectivity index (χ2n) is 5.04. The molecule has 0 amide bonds. The van der Waals surface area contributed by atoms with E-state index in [2.05, 4.69) is 39.0 Å². The smallest absolute Gasteiger partial charge is 0.126 e. The standard InChI is InChI=1S/C14H22O/c1-5-12(10-15)7-9-13-8-6-11(2)14(13,3)4/h6-7,9-10,12-13H,5,8H2,1-4H3/t12?,13-/m1/s1. The Hall–Kier alpha value is -0.850. The van der Waals surface area contributed by atoms with E-state index in [1.165, 1.54) is 5.57 Å². The molecule has 1 unspecified atom stereocenters. The van der Waals surface area contributed by atoms with Crippen LogP contribution in [0.3, 0.4) is 0 Å². The summed E-state index contributed by atoms with van der Waals surface area (Å²) in [7, 11) is 0. The molecule has 0 spiro atoms. The average molecular weight is 206 g/mol. The molecule has 1 nitrogen and oxygen atoms in total. The fourth-order valence-corrected chi connectivity index (χ4v) is 2.03. The molecule has 0 bridgehead atoms. The zero-order valence-corrected chi connectivity index (χ0v) is 10.3. The van der Waals surface area contributed by atoms with Crippen molar-refractivity contribution in [3.63, 3.8) is 0 Å². The highest BCUT2D eigenvalue weighted by Gasteiger charge is 2.32. The molecule has 0 aromatic rings. The van der Waals surface area contributed by atoms with E-state index in [4.69, 9.17) is 0 Å². The van der Waals surface area contributed by atoms with Gasteiger partial charge in [-0.1, -0.05) is 44.6 Å². The van der Waals surface area contributed by atoms with Gasteiger partial charge in [-0.2, -0.15) is 0 Å². The van der Waals surface area contributed by atoms with Crippen LogP contribution < -0.4 is 0 Å². The van der Waals surface area contributed by atoms with Crippen LogP contribution in [0.2, 0.25) is 0 Å². The molecule has 84 valence electrons. The van der Waals surface area contributed by atoms with Gasteiger partial charge >= 0.3 is 0 Å². The molecule has 0 radical (unpaired) electrons. The number of rotatable bonds is 4. The number of aldehydes is 1. The minimum atomic E-state index is 0.0988. The van der Waals surface area contributed by atoms with Crippen molar-refractivity contribution in [1.29, 1.82) is 0 Å². The van der Waals surface area contributed by atoms with Crippen LogP contribution in [0.5, 0.6) is 0 Å². The van der Waals surface area contributed by atoms with E-state index in [-0.39, 0.29) is 11.3 Å². The topological polar surface area (TPSA) is 17.1 Å². The van der Waals surface area contributed by atoms with Gasteiger partial charge < -0.3 is 4.79 Å². The Labute approximate surface area is 93.3 Å². The van der Waals surface area contributed by atoms with Crippen LogP contribution in [0.1, 0.15) is 40.5 Å². The number of hydrogen-bond acceptors (Lipinski definition) is 1. The molecular formula is C14H22O. The summed E-state index contributed by atoms with van der Waals surface area (Å²) in [4.78, 5) is 10.7. The SMILES string of the molecule is CCC(C=O)C=C[C@H]1CC=C(C)C1(C)C. The molecule has 0 aromatic heterocycles. The summed E-state index contributed by atoms with van der Waals surface area (Å²) < 4.78 is 0. The monoisotopic (exact) mass is 206 g/mol. The molecule has 0 aliphatic heterocycles. The second-order valence-corrected chi connectivity index (χ2v) is 5.04. The lowest BCUT2D eigenvalue weighted by Crippen LogP contribution is -2.18. The highest BCUT2D eigenvalue weighted by molar-refractivity contribution is 5.56. The zero-order valence-electron chi connectivity index (χ0n) is 10.3. The quantitative estimate of drug-likeness (QED) is 0.505. The Kier molecular flexibility index (Phi) is 3.90. The van der Waals surface area contributed by atoms with Gasteiger partial charge in [0.05, 0.1) is 0 Å². The maximum atomic E-state index is 10.7. The van der Waals surface area contributed by atoms with Crippen molar-refractivity contribution in [3.8, 4) is 0 Å².